The van der Waals surface area contributed by atoms with E-state index < -0.39 is 0 Å². The molecule has 1 aromatic carbocycles. The number of carbonyl (C=O) groups excluding carboxylic acids is 1. The van der Waals surface area contributed by atoms with E-state index in [9.17, 15) is 4.79 Å². The Bertz CT molecular complexity index is 555. The summed E-state index contributed by atoms with van der Waals surface area (Å²) in [6, 6.07) is 5.18. The number of amides is 1. The lowest BCUT2D eigenvalue weighted by atomic mass is 10.1. The summed E-state index contributed by atoms with van der Waals surface area (Å²) in [5.74, 6) is 1.18. The van der Waals surface area contributed by atoms with Gasteiger partial charge in [-0.1, -0.05) is 41.8 Å². The highest BCUT2D eigenvalue weighted by Crippen LogP contribution is 2.51. The van der Waals surface area contributed by atoms with Crippen LogP contribution < -0.4 is 5.32 Å². The van der Waals surface area contributed by atoms with Crippen molar-refractivity contribution in [3.8, 4) is 0 Å². The molecule has 1 N–H and O–H groups in total. The highest BCUT2D eigenvalue weighted by Gasteiger charge is 2.52. The second-order valence-electron chi connectivity index (χ2n) is 5.60. The SMILES string of the molecule is O=C(Nc1ccc(Cl)c(Cl)c1)[C@@H]1[C@H]2C=CCCCC[C@H]21. The Hall–Kier alpha value is -0.990. The summed E-state index contributed by atoms with van der Waals surface area (Å²) < 4.78 is 0. The predicted octanol–water partition coefficient (Wildman–Crippen LogP) is 4.92. The van der Waals surface area contributed by atoms with Gasteiger partial charge in [0.15, 0.2) is 0 Å². The van der Waals surface area contributed by atoms with Gasteiger partial charge >= 0.3 is 0 Å². The molecule has 1 saturated carbocycles. The highest BCUT2D eigenvalue weighted by atomic mass is 35.5. The highest BCUT2D eigenvalue weighted by molar-refractivity contribution is 6.42. The minimum atomic E-state index is 0.102. The van der Waals surface area contributed by atoms with Gasteiger partial charge in [-0.3, -0.25) is 4.79 Å². The van der Waals surface area contributed by atoms with Crippen molar-refractivity contribution < 1.29 is 4.79 Å². The summed E-state index contributed by atoms with van der Waals surface area (Å²) in [6.45, 7) is 0. The average molecular weight is 310 g/mol. The van der Waals surface area contributed by atoms with Gasteiger partial charge in [0.05, 0.1) is 10.0 Å². The number of halogens is 2. The molecule has 0 bridgehead atoms. The van der Waals surface area contributed by atoms with Gasteiger partial charge in [0.1, 0.15) is 0 Å². The Balaban J connectivity index is 1.66. The first-order valence-corrected chi connectivity index (χ1v) is 7.85. The molecule has 0 spiro atoms. The fourth-order valence-corrected chi connectivity index (χ4v) is 3.40. The van der Waals surface area contributed by atoms with E-state index in [1.54, 1.807) is 18.2 Å². The lowest BCUT2D eigenvalue weighted by Crippen LogP contribution is -2.15. The molecule has 1 amide bonds. The number of fused-ring (bicyclic) bond motifs is 1. The van der Waals surface area contributed by atoms with Gasteiger partial charge < -0.3 is 5.32 Å². The normalized spacial score (nSPS) is 28.2. The zero-order valence-corrected chi connectivity index (χ0v) is 12.6. The van der Waals surface area contributed by atoms with Crippen LogP contribution in [0.1, 0.15) is 25.7 Å². The topological polar surface area (TPSA) is 29.1 Å². The van der Waals surface area contributed by atoms with E-state index in [4.69, 9.17) is 23.2 Å². The molecule has 0 aliphatic heterocycles. The van der Waals surface area contributed by atoms with Gasteiger partial charge in [0, 0.05) is 11.6 Å². The molecule has 2 aliphatic rings. The van der Waals surface area contributed by atoms with Crippen molar-refractivity contribution in [3.05, 3.63) is 40.4 Å². The van der Waals surface area contributed by atoms with Crippen molar-refractivity contribution in [2.75, 3.05) is 5.32 Å². The number of hydrogen-bond donors (Lipinski definition) is 1. The summed E-state index contributed by atoms with van der Waals surface area (Å²) in [6.07, 6.45) is 9.22. The molecule has 0 radical (unpaired) electrons. The van der Waals surface area contributed by atoms with Crippen LogP contribution in [-0.2, 0) is 4.79 Å². The first-order chi connectivity index (χ1) is 9.66. The minimum Gasteiger partial charge on any atom is -0.326 e. The summed E-state index contributed by atoms with van der Waals surface area (Å²) in [4.78, 5) is 12.3. The standard InChI is InChI=1S/C16H17Cl2NO/c17-13-8-7-10(9-14(13)18)19-16(20)15-11-5-3-1-2-4-6-12(11)15/h3,5,7-9,11-12,15H,1-2,4,6H2,(H,19,20)/t11-,12+,15+/m0/s1. The molecule has 0 heterocycles. The van der Waals surface area contributed by atoms with Crippen LogP contribution in [0.2, 0.25) is 10.0 Å². The number of nitrogens with one attached hydrogen (secondary N) is 1. The fourth-order valence-electron chi connectivity index (χ4n) is 3.10. The third-order valence-electron chi connectivity index (χ3n) is 4.24. The van der Waals surface area contributed by atoms with Gasteiger partial charge in [0.2, 0.25) is 5.91 Å². The molecular weight excluding hydrogens is 293 g/mol. The monoisotopic (exact) mass is 309 g/mol. The largest absolute Gasteiger partial charge is 0.326 e. The van der Waals surface area contributed by atoms with Crippen molar-refractivity contribution in [2.45, 2.75) is 25.7 Å². The average Bonchev–Trinajstić information content (AvgIpc) is 3.05. The number of benzene rings is 1. The summed E-state index contributed by atoms with van der Waals surface area (Å²) >= 11 is 11.8. The molecule has 3 rings (SSSR count). The maximum absolute atomic E-state index is 12.3. The fraction of sp³-hybridized carbons (Fsp3) is 0.438. The number of rotatable bonds is 2. The van der Waals surface area contributed by atoms with E-state index >= 15 is 0 Å². The summed E-state index contributed by atoms with van der Waals surface area (Å²) in [5.41, 5.74) is 0.715. The van der Waals surface area contributed by atoms with Gasteiger partial charge in [-0.05, 0) is 49.3 Å². The van der Waals surface area contributed by atoms with E-state index in [-0.39, 0.29) is 11.8 Å². The molecule has 1 fully saturated rings. The minimum absolute atomic E-state index is 0.102. The van der Waals surface area contributed by atoms with E-state index in [1.807, 2.05) is 0 Å². The first-order valence-electron chi connectivity index (χ1n) is 7.09. The lowest BCUT2D eigenvalue weighted by molar-refractivity contribution is -0.117. The van der Waals surface area contributed by atoms with Crippen LogP contribution in [0.15, 0.2) is 30.4 Å². The number of hydrogen-bond acceptors (Lipinski definition) is 1. The molecule has 4 heteroatoms. The quantitative estimate of drug-likeness (QED) is 0.771. The molecule has 2 nitrogen and oxygen atoms in total. The summed E-state index contributed by atoms with van der Waals surface area (Å²) in [7, 11) is 0. The third-order valence-corrected chi connectivity index (χ3v) is 4.97. The second-order valence-corrected chi connectivity index (χ2v) is 6.41. The van der Waals surface area contributed by atoms with Crippen molar-refractivity contribution in [2.24, 2.45) is 17.8 Å². The molecule has 2 aliphatic carbocycles. The first kappa shape index (κ1) is 14.0. The smallest absolute Gasteiger partial charge is 0.228 e. The van der Waals surface area contributed by atoms with Crippen molar-refractivity contribution >= 4 is 34.8 Å². The maximum atomic E-state index is 12.3. The Kier molecular flexibility index (Phi) is 4.04. The van der Waals surface area contributed by atoms with Crippen molar-refractivity contribution in [1.29, 1.82) is 0 Å². The van der Waals surface area contributed by atoms with Crippen molar-refractivity contribution in [3.63, 3.8) is 0 Å². The molecule has 1 aromatic rings. The zero-order valence-electron chi connectivity index (χ0n) is 11.1. The molecule has 3 atom stereocenters. The van der Waals surface area contributed by atoms with Crippen LogP contribution in [0.3, 0.4) is 0 Å². The Morgan fingerprint density at radius 2 is 2.05 bits per heavy atom. The van der Waals surface area contributed by atoms with Crippen LogP contribution >= 0.6 is 23.2 Å². The summed E-state index contributed by atoms with van der Waals surface area (Å²) in [5, 5.41) is 3.92. The molecule has 106 valence electrons. The molecule has 0 aromatic heterocycles. The van der Waals surface area contributed by atoms with Gasteiger partial charge in [-0.2, -0.15) is 0 Å². The molecule has 0 unspecified atom stereocenters. The van der Waals surface area contributed by atoms with Crippen LogP contribution in [0, 0.1) is 17.8 Å². The van der Waals surface area contributed by atoms with E-state index in [1.165, 1.54) is 12.8 Å². The molecule has 0 saturated heterocycles. The number of allylic oxidation sites excluding steroid dienone is 2. The molecule has 20 heavy (non-hydrogen) atoms. The number of carbonyl (C=O) groups is 1. The zero-order chi connectivity index (χ0) is 14.1. The van der Waals surface area contributed by atoms with Gasteiger partial charge in [-0.25, -0.2) is 0 Å². The van der Waals surface area contributed by atoms with E-state index in [0.717, 1.165) is 12.8 Å². The Morgan fingerprint density at radius 1 is 1.20 bits per heavy atom. The lowest BCUT2D eigenvalue weighted by Gasteiger charge is -2.06. The van der Waals surface area contributed by atoms with Crippen LogP contribution in [0.5, 0.6) is 0 Å². The second kappa shape index (κ2) is 5.79. The van der Waals surface area contributed by atoms with Gasteiger partial charge in [0.25, 0.3) is 0 Å². The van der Waals surface area contributed by atoms with Gasteiger partial charge in [-0.15, -0.1) is 0 Å². The van der Waals surface area contributed by atoms with Crippen LogP contribution in [0.25, 0.3) is 0 Å². The maximum Gasteiger partial charge on any atom is 0.228 e. The van der Waals surface area contributed by atoms with E-state index in [0.29, 0.717) is 27.6 Å². The van der Waals surface area contributed by atoms with Crippen LogP contribution in [0.4, 0.5) is 5.69 Å². The van der Waals surface area contributed by atoms with Crippen LogP contribution in [-0.4, -0.2) is 5.91 Å². The molecular formula is C16H17Cl2NO. The number of anilines is 1. The predicted molar refractivity (Wildman–Crippen MR) is 83.2 cm³/mol. The Labute approximate surface area is 129 Å². The van der Waals surface area contributed by atoms with Crippen molar-refractivity contribution in [1.82, 2.24) is 0 Å². The third kappa shape index (κ3) is 2.87. The Morgan fingerprint density at radius 3 is 2.85 bits per heavy atom. The van der Waals surface area contributed by atoms with E-state index in [2.05, 4.69) is 17.5 Å².